The quantitative estimate of drug-likeness (QED) is 0.572. The minimum Gasteiger partial charge on any atom is -0.324 e. The normalized spacial score (nSPS) is 9.79. The van der Waals surface area contributed by atoms with Gasteiger partial charge in [-0.05, 0) is 38.1 Å². The molecule has 0 amide bonds. The number of nitrogens with two attached hydrogens (primary N) is 1. The molecule has 6 heteroatoms. The van der Waals surface area contributed by atoms with Crippen molar-refractivity contribution in [1.82, 2.24) is 9.97 Å². The van der Waals surface area contributed by atoms with Crippen molar-refractivity contribution < 1.29 is 0 Å². The molecule has 0 aliphatic carbocycles. The lowest BCUT2D eigenvalue weighted by atomic mass is 10.2. The summed E-state index contributed by atoms with van der Waals surface area (Å²) in [7, 11) is 0. The number of nitrogens with zero attached hydrogens (tertiary/aromatic N) is 3. The van der Waals surface area contributed by atoms with Gasteiger partial charge in [0.25, 0.3) is 0 Å². The zero-order valence-electron chi connectivity index (χ0n) is 10.7. The standard InChI is InChI=1S/C13H14N6/c1-8-9(2)16-13(18-12(8)19-15)17-11-5-3-10(7-14)4-6-11/h3-6H,15H2,1-2H3,(H2,16,17,18,19). The number of hydrazine groups is 1. The van der Waals surface area contributed by atoms with Gasteiger partial charge in [0.05, 0.1) is 11.6 Å². The summed E-state index contributed by atoms with van der Waals surface area (Å²) >= 11 is 0. The highest BCUT2D eigenvalue weighted by Crippen LogP contribution is 2.19. The van der Waals surface area contributed by atoms with Gasteiger partial charge in [-0.25, -0.2) is 10.8 Å². The van der Waals surface area contributed by atoms with E-state index in [2.05, 4.69) is 26.8 Å². The Morgan fingerprint density at radius 1 is 1.16 bits per heavy atom. The van der Waals surface area contributed by atoms with Crippen molar-refractivity contribution in [2.75, 3.05) is 10.7 Å². The molecule has 96 valence electrons. The molecule has 1 aromatic carbocycles. The molecule has 19 heavy (non-hydrogen) atoms. The predicted octanol–water partition coefficient (Wildman–Crippen LogP) is 1.99. The average molecular weight is 254 g/mol. The van der Waals surface area contributed by atoms with E-state index in [1.54, 1.807) is 24.3 Å². The summed E-state index contributed by atoms with van der Waals surface area (Å²) in [5.41, 5.74) is 5.72. The molecule has 2 rings (SSSR count). The molecule has 0 fully saturated rings. The van der Waals surface area contributed by atoms with E-state index in [0.29, 0.717) is 17.3 Å². The molecule has 0 saturated carbocycles. The zero-order chi connectivity index (χ0) is 13.8. The van der Waals surface area contributed by atoms with E-state index in [1.807, 2.05) is 13.8 Å². The fourth-order valence-electron chi connectivity index (χ4n) is 1.58. The van der Waals surface area contributed by atoms with Gasteiger partial charge in [0.15, 0.2) is 0 Å². The monoisotopic (exact) mass is 254 g/mol. The Labute approximate surface area is 111 Å². The van der Waals surface area contributed by atoms with Gasteiger partial charge in [-0.1, -0.05) is 0 Å². The van der Waals surface area contributed by atoms with Gasteiger partial charge < -0.3 is 10.7 Å². The van der Waals surface area contributed by atoms with Gasteiger partial charge >= 0.3 is 0 Å². The van der Waals surface area contributed by atoms with Gasteiger partial charge in [0.1, 0.15) is 5.82 Å². The number of benzene rings is 1. The summed E-state index contributed by atoms with van der Waals surface area (Å²) < 4.78 is 0. The van der Waals surface area contributed by atoms with E-state index in [-0.39, 0.29) is 0 Å². The Balaban J connectivity index is 2.28. The van der Waals surface area contributed by atoms with Crippen LogP contribution in [0.4, 0.5) is 17.5 Å². The van der Waals surface area contributed by atoms with Gasteiger partial charge in [-0.15, -0.1) is 0 Å². The maximum Gasteiger partial charge on any atom is 0.229 e. The Hall–Kier alpha value is -2.65. The molecule has 0 radical (unpaired) electrons. The van der Waals surface area contributed by atoms with Crippen LogP contribution in [0.2, 0.25) is 0 Å². The number of nitrogens with one attached hydrogen (secondary N) is 2. The molecule has 0 spiro atoms. The number of anilines is 3. The van der Waals surface area contributed by atoms with Gasteiger partial charge in [-0.2, -0.15) is 10.2 Å². The number of aryl methyl sites for hydroxylation is 1. The topological polar surface area (TPSA) is 99.6 Å². The van der Waals surface area contributed by atoms with E-state index < -0.39 is 0 Å². The summed E-state index contributed by atoms with van der Waals surface area (Å²) in [5.74, 6) is 6.46. The molecule has 0 unspecified atom stereocenters. The first-order valence-corrected chi connectivity index (χ1v) is 5.73. The highest BCUT2D eigenvalue weighted by atomic mass is 15.3. The fourth-order valence-corrected chi connectivity index (χ4v) is 1.58. The fraction of sp³-hybridized carbons (Fsp3) is 0.154. The Morgan fingerprint density at radius 2 is 1.84 bits per heavy atom. The minimum atomic E-state index is 0.459. The number of rotatable bonds is 3. The van der Waals surface area contributed by atoms with Crippen molar-refractivity contribution in [3.63, 3.8) is 0 Å². The second-order valence-corrected chi connectivity index (χ2v) is 4.06. The van der Waals surface area contributed by atoms with Crippen LogP contribution < -0.4 is 16.6 Å². The molecular formula is C13H14N6. The van der Waals surface area contributed by atoms with Gasteiger partial charge in [0, 0.05) is 16.9 Å². The van der Waals surface area contributed by atoms with Crippen LogP contribution in [-0.2, 0) is 0 Å². The highest BCUT2D eigenvalue weighted by molar-refractivity contribution is 5.58. The molecule has 0 atom stereocenters. The number of nitrogen functional groups attached to an aromatic ring is 1. The highest BCUT2D eigenvalue weighted by Gasteiger charge is 2.07. The summed E-state index contributed by atoms with van der Waals surface area (Å²) in [5, 5.41) is 11.8. The Kier molecular flexibility index (Phi) is 3.59. The number of hydrogen-bond donors (Lipinski definition) is 3. The summed E-state index contributed by atoms with van der Waals surface area (Å²) in [6.07, 6.45) is 0. The Morgan fingerprint density at radius 3 is 2.42 bits per heavy atom. The SMILES string of the molecule is Cc1nc(Nc2ccc(C#N)cc2)nc(NN)c1C. The van der Waals surface area contributed by atoms with Crippen LogP contribution >= 0.6 is 0 Å². The largest absolute Gasteiger partial charge is 0.324 e. The lowest BCUT2D eigenvalue weighted by molar-refractivity contribution is 1.05. The third-order valence-electron chi connectivity index (χ3n) is 2.80. The third-order valence-corrected chi connectivity index (χ3v) is 2.80. The Bertz CT molecular complexity index is 627. The lowest BCUT2D eigenvalue weighted by Gasteiger charge is -2.10. The van der Waals surface area contributed by atoms with Crippen LogP contribution in [0.5, 0.6) is 0 Å². The van der Waals surface area contributed by atoms with E-state index in [4.69, 9.17) is 11.1 Å². The summed E-state index contributed by atoms with van der Waals surface area (Å²) in [6.45, 7) is 3.79. The molecule has 0 saturated heterocycles. The number of aromatic nitrogens is 2. The van der Waals surface area contributed by atoms with Crippen LogP contribution in [0, 0.1) is 25.2 Å². The number of nitriles is 1. The van der Waals surface area contributed by atoms with Crippen LogP contribution in [0.15, 0.2) is 24.3 Å². The predicted molar refractivity (Wildman–Crippen MR) is 73.8 cm³/mol. The first kappa shape index (κ1) is 12.8. The first-order valence-electron chi connectivity index (χ1n) is 5.73. The van der Waals surface area contributed by atoms with E-state index in [1.165, 1.54) is 0 Å². The number of hydrogen-bond acceptors (Lipinski definition) is 6. The van der Waals surface area contributed by atoms with Crippen molar-refractivity contribution in [2.24, 2.45) is 5.84 Å². The molecule has 4 N–H and O–H groups in total. The van der Waals surface area contributed by atoms with Crippen LogP contribution in [0.1, 0.15) is 16.8 Å². The molecule has 6 nitrogen and oxygen atoms in total. The maximum atomic E-state index is 8.74. The van der Waals surface area contributed by atoms with Gasteiger partial charge in [-0.3, -0.25) is 0 Å². The van der Waals surface area contributed by atoms with Gasteiger partial charge in [0.2, 0.25) is 5.95 Å². The van der Waals surface area contributed by atoms with Crippen molar-refractivity contribution in [3.8, 4) is 6.07 Å². The van der Waals surface area contributed by atoms with Crippen molar-refractivity contribution >= 4 is 17.5 Å². The zero-order valence-corrected chi connectivity index (χ0v) is 10.7. The van der Waals surface area contributed by atoms with Crippen LogP contribution in [0.3, 0.4) is 0 Å². The van der Waals surface area contributed by atoms with Crippen molar-refractivity contribution in [1.29, 1.82) is 5.26 Å². The molecule has 1 aromatic heterocycles. The molecule has 1 heterocycles. The molecule has 2 aromatic rings. The van der Waals surface area contributed by atoms with E-state index in [9.17, 15) is 0 Å². The first-order chi connectivity index (χ1) is 9.13. The second kappa shape index (κ2) is 5.33. The molecule has 0 bridgehead atoms. The van der Waals surface area contributed by atoms with E-state index >= 15 is 0 Å². The van der Waals surface area contributed by atoms with E-state index in [0.717, 1.165) is 16.9 Å². The van der Waals surface area contributed by atoms with Crippen LogP contribution in [-0.4, -0.2) is 9.97 Å². The summed E-state index contributed by atoms with van der Waals surface area (Å²) in [6, 6.07) is 9.12. The van der Waals surface area contributed by atoms with Crippen molar-refractivity contribution in [2.45, 2.75) is 13.8 Å². The lowest BCUT2D eigenvalue weighted by Crippen LogP contribution is -2.13. The maximum absolute atomic E-state index is 8.74. The minimum absolute atomic E-state index is 0.459. The molecule has 0 aliphatic rings. The van der Waals surface area contributed by atoms with Crippen molar-refractivity contribution in [3.05, 3.63) is 41.1 Å². The second-order valence-electron chi connectivity index (χ2n) is 4.06. The average Bonchev–Trinajstić information content (AvgIpc) is 2.43. The van der Waals surface area contributed by atoms with Crippen LogP contribution in [0.25, 0.3) is 0 Å². The third kappa shape index (κ3) is 2.78. The molecule has 0 aliphatic heterocycles. The summed E-state index contributed by atoms with van der Waals surface area (Å²) in [4.78, 5) is 8.60. The molecular weight excluding hydrogens is 240 g/mol. The smallest absolute Gasteiger partial charge is 0.229 e.